The Morgan fingerprint density at radius 3 is 1.56 bits per heavy atom. The molecule has 0 unspecified atom stereocenters. The topological polar surface area (TPSA) is 61.7 Å². The van der Waals surface area contributed by atoms with Crippen molar-refractivity contribution in [2.75, 3.05) is 0 Å². The highest BCUT2D eigenvalue weighted by atomic mass is 16.3. The highest BCUT2D eigenvalue weighted by molar-refractivity contribution is 6.17. The van der Waals surface area contributed by atoms with Crippen LogP contribution < -0.4 is 0 Å². The van der Waals surface area contributed by atoms with E-state index in [1.165, 1.54) is 10.8 Å². The molecule has 0 atom stereocenters. The van der Waals surface area contributed by atoms with E-state index in [1.54, 1.807) is 0 Å². The van der Waals surface area contributed by atoms with Crippen molar-refractivity contribution in [3.63, 3.8) is 0 Å². The molecule has 9 aromatic carbocycles. The Morgan fingerprint density at radius 2 is 0.889 bits per heavy atom. The van der Waals surface area contributed by atoms with E-state index in [4.69, 9.17) is 19.4 Å². The Morgan fingerprint density at radius 1 is 0.333 bits per heavy atom. The molecule has 4 heterocycles. The number of benzene rings is 9. The van der Waals surface area contributed by atoms with Gasteiger partial charge in [0.15, 0.2) is 11.6 Å². The van der Waals surface area contributed by atoms with E-state index in [0.29, 0.717) is 23.2 Å². The fourth-order valence-corrected chi connectivity index (χ4v) is 9.57. The van der Waals surface area contributed by atoms with Crippen molar-refractivity contribution < 1.29 is 4.42 Å². The number of hydrogen-bond acceptors (Lipinski definition) is 4. The molecule has 0 radical (unpaired) electrons. The molecule has 0 aliphatic carbocycles. The van der Waals surface area contributed by atoms with Crippen LogP contribution in [0.4, 0.5) is 0 Å². The molecule has 63 heavy (non-hydrogen) atoms. The second kappa shape index (κ2) is 14.0. The first-order valence-corrected chi connectivity index (χ1v) is 21.2. The van der Waals surface area contributed by atoms with Gasteiger partial charge in [0.2, 0.25) is 5.95 Å². The summed E-state index contributed by atoms with van der Waals surface area (Å²) >= 11 is 0. The van der Waals surface area contributed by atoms with Gasteiger partial charge in [0.1, 0.15) is 11.2 Å². The Bertz CT molecular complexity index is 3850. The summed E-state index contributed by atoms with van der Waals surface area (Å²) in [4.78, 5) is 16.2. The summed E-state index contributed by atoms with van der Waals surface area (Å²) in [6.45, 7) is 0. The van der Waals surface area contributed by atoms with E-state index >= 15 is 0 Å². The minimum absolute atomic E-state index is 0.511. The average molecular weight is 806 g/mol. The fraction of sp³-hybridized carbons (Fsp3) is 0. The van der Waals surface area contributed by atoms with Crippen LogP contribution >= 0.6 is 0 Å². The number of furan rings is 1. The van der Waals surface area contributed by atoms with Gasteiger partial charge in [0.25, 0.3) is 0 Å². The van der Waals surface area contributed by atoms with Crippen LogP contribution in [0.25, 0.3) is 122 Å². The zero-order valence-electron chi connectivity index (χ0n) is 33.9. The van der Waals surface area contributed by atoms with Gasteiger partial charge in [-0.25, -0.2) is 4.98 Å². The third-order valence-electron chi connectivity index (χ3n) is 12.4. The number of para-hydroxylation sites is 3. The van der Waals surface area contributed by atoms with E-state index in [0.717, 1.165) is 88.3 Å². The Hall–Kier alpha value is -8.61. The van der Waals surface area contributed by atoms with E-state index in [2.05, 4.69) is 197 Å². The van der Waals surface area contributed by atoms with Crippen molar-refractivity contribution in [2.24, 2.45) is 0 Å². The van der Waals surface area contributed by atoms with Gasteiger partial charge in [0, 0.05) is 43.6 Å². The van der Waals surface area contributed by atoms with Crippen LogP contribution in [0.15, 0.2) is 217 Å². The highest BCUT2D eigenvalue weighted by Gasteiger charge is 2.24. The van der Waals surface area contributed by atoms with Crippen molar-refractivity contribution in [3.05, 3.63) is 212 Å². The molecule has 0 saturated heterocycles. The van der Waals surface area contributed by atoms with Crippen LogP contribution in [-0.2, 0) is 0 Å². The zero-order chi connectivity index (χ0) is 41.4. The third-order valence-corrected chi connectivity index (χ3v) is 12.4. The zero-order valence-corrected chi connectivity index (χ0v) is 33.9. The summed E-state index contributed by atoms with van der Waals surface area (Å²) < 4.78 is 11.6. The molecule has 13 aromatic rings. The van der Waals surface area contributed by atoms with Crippen LogP contribution in [0.2, 0.25) is 0 Å². The molecular formula is C57H35N5O. The van der Waals surface area contributed by atoms with Crippen LogP contribution in [0.3, 0.4) is 0 Å². The first-order valence-electron chi connectivity index (χ1n) is 21.2. The standard InChI is InChI=1S/C57H35N5O/c1-4-17-36(18-5-1)39-31-32-45-44-25-12-15-29-50(44)62(51(45)33-39)57-59-55(38-21-8-3-9-22-38)58-56(60-57)47-35-40(61-48-27-13-10-23-42(48)43-24-11-14-28-49(43)61)34-46-53-41(37-19-6-2-7-20-37)26-16-30-52(53)63-54(46)47/h1-35H. The quantitative estimate of drug-likeness (QED) is 0.168. The largest absolute Gasteiger partial charge is 0.455 e. The molecule has 0 aliphatic heterocycles. The monoisotopic (exact) mass is 805 g/mol. The predicted octanol–water partition coefficient (Wildman–Crippen LogP) is 14.6. The van der Waals surface area contributed by atoms with Crippen LogP contribution in [0.5, 0.6) is 0 Å². The van der Waals surface area contributed by atoms with E-state index in [-0.39, 0.29) is 0 Å². The van der Waals surface area contributed by atoms with Crippen LogP contribution in [0.1, 0.15) is 0 Å². The molecule has 0 amide bonds. The van der Waals surface area contributed by atoms with Gasteiger partial charge in [-0.15, -0.1) is 0 Å². The SMILES string of the molecule is c1ccc(-c2ccc3c4ccccc4n(-c4nc(-c5ccccc5)nc(-c5cc(-n6c7ccccc7c7ccccc76)cc6c5oc5cccc(-c7ccccc7)c56)n4)c3c2)cc1. The highest BCUT2D eigenvalue weighted by Crippen LogP contribution is 2.44. The summed E-state index contributed by atoms with van der Waals surface area (Å²) in [5.41, 5.74) is 12.8. The summed E-state index contributed by atoms with van der Waals surface area (Å²) in [5, 5.41) is 6.63. The lowest BCUT2D eigenvalue weighted by Gasteiger charge is -2.14. The molecule has 6 nitrogen and oxygen atoms in total. The van der Waals surface area contributed by atoms with Crippen molar-refractivity contribution in [1.29, 1.82) is 0 Å². The van der Waals surface area contributed by atoms with Crippen molar-refractivity contribution in [1.82, 2.24) is 24.1 Å². The van der Waals surface area contributed by atoms with Crippen molar-refractivity contribution in [3.8, 4) is 56.7 Å². The Labute approximate surface area is 361 Å². The van der Waals surface area contributed by atoms with Crippen molar-refractivity contribution >= 4 is 65.6 Å². The molecule has 0 spiro atoms. The second-order valence-corrected chi connectivity index (χ2v) is 16.0. The number of aromatic nitrogens is 5. The summed E-state index contributed by atoms with van der Waals surface area (Å²) in [6, 6.07) is 74.4. The first kappa shape index (κ1) is 35.2. The van der Waals surface area contributed by atoms with Gasteiger partial charge in [0.05, 0.1) is 27.6 Å². The van der Waals surface area contributed by atoms with E-state index in [9.17, 15) is 0 Å². The Kier molecular flexibility index (Phi) is 7.80. The lowest BCUT2D eigenvalue weighted by Crippen LogP contribution is -2.07. The summed E-state index contributed by atoms with van der Waals surface area (Å²) in [6.07, 6.45) is 0. The van der Waals surface area contributed by atoms with Gasteiger partial charge in [-0.2, -0.15) is 9.97 Å². The first-order chi connectivity index (χ1) is 31.2. The normalized spacial score (nSPS) is 11.8. The molecule has 0 bridgehead atoms. The summed E-state index contributed by atoms with van der Waals surface area (Å²) in [7, 11) is 0. The maximum atomic E-state index is 7.01. The van der Waals surface area contributed by atoms with E-state index < -0.39 is 0 Å². The van der Waals surface area contributed by atoms with Gasteiger partial charge in [-0.3, -0.25) is 4.57 Å². The van der Waals surface area contributed by atoms with Gasteiger partial charge >= 0.3 is 0 Å². The van der Waals surface area contributed by atoms with Gasteiger partial charge < -0.3 is 8.98 Å². The molecule has 0 aliphatic rings. The summed E-state index contributed by atoms with van der Waals surface area (Å²) in [5.74, 6) is 1.60. The molecule has 0 saturated carbocycles. The van der Waals surface area contributed by atoms with E-state index in [1.807, 2.05) is 24.3 Å². The lowest BCUT2D eigenvalue weighted by molar-refractivity contribution is 0.669. The van der Waals surface area contributed by atoms with Gasteiger partial charge in [-0.1, -0.05) is 170 Å². The fourth-order valence-electron chi connectivity index (χ4n) is 9.57. The average Bonchev–Trinajstić information content (AvgIpc) is 4.02. The molecule has 294 valence electrons. The minimum atomic E-state index is 0.511. The molecule has 0 N–H and O–H groups in total. The number of nitrogens with zero attached hydrogens (tertiary/aromatic N) is 5. The van der Waals surface area contributed by atoms with Crippen molar-refractivity contribution in [2.45, 2.75) is 0 Å². The molecular weight excluding hydrogens is 771 g/mol. The molecule has 6 heteroatoms. The number of fused-ring (bicyclic) bond motifs is 9. The van der Waals surface area contributed by atoms with Crippen LogP contribution in [-0.4, -0.2) is 24.1 Å². The van der Waals surface area contributed by atoms with Gasteiger partial charge in [-0.05, 0) is 64.7 Å². The minimum Gasteiger partial charge on any atom is -0.455 e. The maximum absolute atomic E-state index is 7.01. The molecule has 4 aromatic heterocycles. The second-order valence-electron chi connectivity index (χ2n) is 16.0. The lowest BCUT2D eigenvalue weighted by atomic mass is 9.98. The predicted molar refractivity (Wildman–Crippen MR) is 258 cm³/mol. The maximum Gasteiger partial charge on any atom is 0.238 e. The van der Waals surface area contributed by atoms with Crippen LogP contribution in [0, 0.1) is 0 Å². The molecule has 13 rings (SSSR count). The number of rotatable bonds is 6. The third kappa shape index (κ3) is 5.55. The smallest absolute Gasteiger partial charge is 0.238 e. The molecule has 0 fully saturated rings. The number of hydrogen-bond donors (Lipinski definition) is 0. The Balaban J connectivity index is 1.15.